The normalized spacial score (nSPS) is 9.31. The van der Waals surface area contributed by atoms with Gasteiger partial charge < -0.3 is 0 Å². The Bertz CT molecular complexity index is 409. The van der Waals surface area contributed by atoms with Crippen molar-refractivity contribution in [2.45, 2.75) is 6.92 Å². The summed E-state index contributed by atoms with van der Waals surface area (Å²) < 4.78 is 0. The van der Waals surface area contributed by atoms with E-state index in [9.17, 15) is 10.1 Å². The Hall–Kier alpha value is -1.60. The van der Waals surface area contributed by atoms with E-state index in [0.29, 0.717) is 5.56 Å². The van der Waals surface area contributed by atoms with Gasteiger partial charge in [-0.05, 0) is 13.0 Å². The first-order chi connectivity index (χ1) is 6.07. The molecule has 0 heterocycles. The Morgan fingerprint density at radius 1 is 1.62 bits per heavy atom. The molecule has 1 aromatic carbocycles. The second-order valence-electron chi connectivity index (χ2n) is 2.44. The van der Waals surface area contributed by atoms with Gasteiger partial charge in [-0.15, -0.1) is 0 Å². The average Bonchev–Trinajstić information content (AvgIpc) is 2.04. The largest absolute Gasteiger partial charge is 0.273 e. The number of nitriles is 1. The van der Waals surface area contributed by atoms with Crippen molar-refractivity contribution in [3.05, 3.63) is 38.4 Å². The van der Waals surface area contributed by atoms with Crippen molar-refractivity contribution in [2.24, 2.45) is 0 Å². The third-order valence-corrected chi connectivity index (χ3v) is 2.01. The van der Waals surface area contributed by atoms with Gasteiger partial charge in [0, 0.05) is 11.6 Å². The molecule has 0 aromatic heterocycles. The zero-order valence-electron chi connectivity index (χ0n) is 6.74. The average molecular weight is 197 g/mol. The van der Waals surface area contributed by atoms with E-state index >= 15 is 0 Å². The minimum atomic E-state index is -0.535. The van der Waals surface area contributed by atoms with Gasteiger partial charge in [-0.3, -0.25) is 10.1 Å². The molecule has 0 unspecified atom stereocenters. The Balaban J connectivity index is 3.47. The monoisotopic (exact) mass is 196 g/mol. The molecule has 13 heavy (non-hydrogen) atoms. The fraction of sp³-hybridized carbons (Fsp3) is 0.125. The molecule has 0 bridgehead atoms. The standard InChI is InChI=1S/C8H5ClN2O2/c1-5-6(4-10)7(9)2-3-8(5)11(12)13/h2-3H,1H3. The lowest BCUT2D eigenvalue weighted by atomic mass is 10.1. The van der Waals surface area contributed by atoms with Crippen molar-refractivity contribution in [2.75, 3.05) is 0 Å². The second-order valence-corrected chi connectivity index (χ2v) is 2.84. The van der Waals surface area contributed by atoms with Gasteiger partial charge in [0.2, 0.25) is 0 Å². The molecule has 5 heteroatoms. The molecule has 0 aliphatic heterocycles. The lowest BCUT2D eigenvalue weighted by Gasteiger charge is -2.00. The van der Waals surface area contributed by atoms with Crippen LogP contribution in [0.15, 0.2) is 12.1 Å². The number of halogens is 1. The van der Waals surface area contributed by atoms with Crippen LogP contribution in [-0.2, 0) is 0 Å². The SMILES string of the molecule is Cc1c([N+](=O)[O-])ccc(Cl)c1C#N. The molecular formula is C8H5ClN2O2. The molecule has 0 fully saturated rings. The van der Waals surface area contributed by atoms with Gasteiger partial charge >= 0.3 is 0 Å². The third-order valence-electron chi connectivity index (χ3n) is 1.69. The molecule has 0 spiro atoms. The van der Waals surface area contributed by atoms with Crippen molar-refractivity contribution in [1.29, 1.82) is 5.26 Å². The number of rotatable bonds is 1. The van der Waals surface area contributed by atoms with E-state index in [1.165, 1.54) is 19.1 Å². The molecule has 0 amide bonds. The minimum Gasteiger partial charge on any atom is -0.258 e. The van der Waals surface area contributed by atoms with Crippen molar-refractivity contribution in [3.63, 3.8) is 0 Å². The lowest BCUT2D eigenvalue weighted by Crippen LogP contribution is -1.94. The molecule has 0 N–H and O–H groups in total. The van der Waals surface area contributed by atoms with Crippen LogP contribution in [-0.4, -0.2) is 4.92 Å². The van der Waals surface area contributed by atoms with Gasteiger partial charge in [-0.1, -0.05) is 11.6 Å². The fourth-order valence-electron chi connectivity index (χ4n) is 1.00. The Kier molecular flexibility index (Phi) is 2.49. The predicted molar refractivity (Wildman–Crippen MR) is 47.6 cm³/mol. The van der Waals surface area contributed by atoms with Crippen LogP contribution in [0.4, 0.5) is 5.69 Å². The third kappa shape index (κ3) is 1.60. The number of benzene rings is 1. The number of hydrogen-bond acceptors (Lipinski definition) is 3. The molecule has 0 aliphatic rings. The first-order valence-corrected chi connectivity index (χ1v) is 3.79. The van der Waals surface area contributed by atoms with Gasteiger partial charge in [0.25, 0.3) is 5.69 Å². The molecule has 0 atom stereocenters. The first-order valence-electron chi connectivity index (χ1n) is 3.41. The van der Waals surface area contributed by atoms with Crippen LogP contribution in [0.25, 0.3) is 0 Å². The van der Waals surface area contributed by atoms with Crippen LogP contribution in [0.3, 0.4) is 0 Å². The van der Waals surface area contributed by atoms with Crippen molar-refractivity contribution >= 4 is 17.3 Å². The summed E-state index contributed by atoms with van der Waals surface area (Å²) in [4.78, 5) is 9.92. The lowest BCUT2D eigenvalue weighted by molar-refractivity contribution is -0.385. The quantitative estimate of drug-likeness (QED) is 0.512. The van der Waals surface area contributed by atoms with E-state index in [1.54, 1.807) is 0 Å². The Labute approximate surface area is 79.5 Å². The molecule has 0 radical (unpaired) electrons. The number of hydrogen-bond donors (Lipinski definition) is 0. The highest BCUT2D eigenvalue weighted by molar-refractivity contribution is 6.31. The first kappa shape index (κ1) is 9.49. The van der Waals surface area contributed by atoms with Crippen LogP contribution < -0.4 is 0 Å². The zero-order valence-corrected chi connectivity index (χ0v) is 7.50. The second kappa shape index (κ2) is 3.42. The summed E-state index contributed by atoms with van der Waals surface area (Å²) in [6, 6.07) is 4.47. The van der Waals surface area contributed by atoms with Crippen molar-refractivity contribution in [3.8, 4) is 6.07 Å². The summed E-state index contributed by atoms with van der Waals surface area (Å²) in [5.41, 5.74) is 0.386. The van der Waals surface area contributed by atoms with Gasteiger partial charge in [0.1, 0.15) is 6.07 Å². The van der Waals surface area contributed by atoms with Crippen molar-refractivity contribution in [1.82, 2.24) is 0 Å². The molecule has 0 saturated heterocycles. The maximum absolute atomic E-state index is 10.5. The molecular weight excluding hydrogens is 192 g/mol. The maximum Gasteiger partial charge on any atom is 0.273 e. The minimum absolute atomic E-state index is 0.0825. The van der Waals surface area contributed by atoms with Gasteiger partial charge in [-0.2, -0.15) is 5.26 Å². The summed E-state index contributed by atoms with van der Waals surface area (Å²) in [6.07, 6.45) is 0. The Morgan fingerprint density at radius 3 is 2.69 bits per heavy atom. The summed E-state index contributed by atoms with van der Waals surface area (Å²) >= 11 is 5.66. The highest BCUT2D eigenvalue weighted by atomic mass is 35.5. The van der Waals surface area contributed by atoms with Crippen LogP contribution in [0.1, 0.15) is 11.1 Å². The predicted octanol–water partition coefficient (Wildman–Crippen LogP) is 2.43. The highest BCUT2D eigenvalue weighted by Crippen LogP contribution is 2.26. The summed E-state index contributed by atoms with van der Waals surface area (Å²) in [5.74, 6) is 0. The number of nitrogens with zero attached hydrogens (tertiary/aromatic N) is 2. The molecule has 0 aliphatic carbocycles. The van der Waals surface area contributed by atoms with Gasteiger partial charge in [0.15, 0.2) is 0 Å². The summed E-state index contributed by atoms with van der Waals surface area (Å²) in [5, 5.41) is 19.3. The smallest absolute Gasteiger partial charge is 0.258 e. The molecule has 66 valence electrons. The van der Waals surface area contributed by atoms with E-state index in [2.05, 4.69) is 0 Å². The van der Waals surface area contributed by atoms with Crippen LogP contribution in [0.2, 0.25) is 5.02 Å². The fourth-order valence-corrected chi connectivity index (χ4v) is 1.25. The van der Waals surface area contributed by atoms with Gasteiger partial charge in [-0.25, -0.2) is 0 Å². The van der Waals surface area contributed by atoms with Crippen LogP contribution in [0, 0.1) is 28.4 Å². The van der Waals surface area contributed by atoms with E-state index in [0.717, 1.165) is 0 Å². The summed E-state index contributed by atoms with van der Waals surface area (Å²) in [7, 11) is 0. The zero-order chi connectivity index (χ0) is 10.0. The molecule has 0 saturated carbocycles. The van der Waals surface area contributed by atoms with E-state index < -0.39 is 4.92 Å². The van der Waals surface area contributed by atoms with E-state index in [-0.39, 0.29) is 16.3 Å². The highest BCUT2D eigenvalue weighted by Gasteiger charge is 2.15. The van der Waals surface area contributed by atoms with Crippen LogP contribution in [0.5, 0.6) is 0 Å². The number of nitro benzene ring substituents is 1. The van der Waals surface area contributed by atoms with Crippen molar-refractivity contribution < 1.29 is 4.92 Å². The molecule has 1 rings (SSSR count). The maximum atomic E-state index is 10.5. The van der Waals surface area contributed by atoms with E-state index in [1.807, 2.05) is 6.07 Å². The molecule has 1 aromatic rings. The Morgan fingerprint density at radius 2 is 2.23 bits per heavy atom. The van der Waals surface area contributed by atoms with Gasteiger partial charge in [0.05, 0.1) is 15.5 Å². The van der Waals surface area contributed by atoms with E-state index in [4.69, 9.17) is 16.9 Å². The number of nitro groups is 1. The molecule has 4 nitrogen and oxygen atoms in total. The van der Waals surface area contributed by atoms with Crippen LogP contribution >= 0.6 is 11.6 Å². The topological polar surface area (TPSA) is 66.9 Å². The summed E-state index contributed by atoms with van der Waals surface area (Å²) in [6.45, 7) is 1.50.